The number of halogens is 1. The molecule has 25 heavy (non-hydrogen) atoms. The molecule has 3 rings (SSSR count). The third-order valence-electron chi connectivity index (χ3n) is 4.36. The number of anilines is 1. The maximum absolute atomic E-state index is 13.2. The zero-order valence-corrected chi connectivity index (χ0v) is 16.0. The molecule has 1 aliphatic heterocycles. The highest BCUT2D eigenvalue weighted by Crippen LogP contribution is 2.38. The number of sulfonamides is 1. The smallest absolute Gasteiger partial charge is 0.264 e. The van der Waals surface area contributed by atoms with E-state index >= 15 is 0 Å². The van der Waals surface area contributed by atoms with E-state index in [2.05, 4.69) is 6.92 Å². The van der Waals surface area contributed by atoms with Gasteiger partial charge in [0.25, 0.3) is 10.0 Å². The van der Waals surface area contributed by atoms with Gasteiger partial charge in [-0.05, 0) is 43.5 Å². The zero-order valence-electron chi connectivity index (χ0n) is 14.4. The number of nitrogens with zero attached hydrogens (tertiary/aromatic N) is 1. The van der Waals surface area contributed by atoms with Gasteiger partial charge in [0.15, 0.2) is 0 Å². The Bertz CT molecular complexity index is 867. The van der Waals surface area contributed by atoms with Crippen LogP contribution in [0.15, 0.2) is 47.4 Å². The highest BCUT2D eigenvalue weighted by molar-refractivity contribution is 7.92. The summed E-state index contributed by atoms with van der Waals surface area (Å²) in [5.74, 6) is 0.413. The number of hydrogen-bond acceptors (Lipinski definition) is 3. The molecule has 0 aromatic heterocycles. The monoisotopic (exact) mass is 379 g/mol. The Morgan fingerprint density at radius 2 is 2.00 bits per heavy atom. The van der Waals surface area contributed by atoms with Crippen molar-refractivity contribution in [2.45, 2.75) is 44.0 Å². The predicted molar refractivity (Wildman–Crippen MR) is 101 cm³/mol. The van der Waals surface area contributed by atoms with Crippen LogP contribution in [0.2, 0.25) is 5.02 Å². The molecule has 0 saturated carbocycles. The lowest BCUT2D eigenvalue weighted by Gasteiger charge is -2.24. The predicted octanol–water partition coefficient (Wildman–Crippen LogP) is 4.66. The van der Waals surface area contributed by atoms with Gasteiger partial charge in [-0.15, -0.1) is 0 Å². The third-order valence-corrected chi connectivity index (χ3v) is 6.60. The zero-order chi connectivity index (χ0) is 18.0. The summed E-state index contributed by atoms with van der Waals surface area (Å²) >= 11 is 6.16. The van der Waals surface area contributed by atoms with Crippen LogP contribution in [0.3, 0.4) is 0 Å². The summed E-state index contributed by atoms with van der Waals surface area (Å²) in [6, 6.07) is 12.2. The maximum Gasteiger partial charge on any atom is 0.264 e. The van der Waals surface area contributed by atoms with Crippen LogP contribution in [0.25, 0.3) is 0 Å². The van der Waals surface area contributed by atoms with Crippen LogP contribution in [-0.4, -0.2) is 21.1 Å². The molecule has 1 aliphatic rings. The molecule has 0 saturated heterocycles. The van der Waals surface area contributed by atoms with Crippen molar-refractivity contribution in [3.8, 4) is 5.75 Å². The average molecular weight is 380 g/mol. The van der Waals surface area contributed by atoms with Crippen molar-refractivity contribution in [2.75, 3.05) is 10.9 Å². The average Bonchev–Trinajstić information content (AvgIpc) is 2.93. The highest BCUT2D eigenvalue weighted by atomic mass is 35.5. The van der Waals surface area contributed by atoms with Crippen LogP contribution >= 0.6 is 11.6 Å². The molecular formula is C19H22ClNO3S. The number of fused-ring (bicyclic) bond motifs is 1. The molecule has 0 amide bonds. The Hall–Kier alpha value is -1.72. The van der Waals surface area contributed by atoms with Crippen molar-refractivity contribution in [1.29, 1.82) is 0 Å². The summed E-state index contributed by atoms with van der Waals surface area (Å²) in [5.41, 5.74) is 1.80. The molecule has 0 bridgehead atoms. The molecule has 0 N–H and O–H groups in total. The van der Waals surface area contributed by atoms with E-state index in [0.717, 1.165) is 24.1 Å². The molecule has 2 aromatic rings. The fourth-order valence-electron chi connectivity index (χ4n) is 3.10. The van der Waals surface area contributed by atoms with Crippen LogP contribution in [0.4, 0.5) is 5.69 Å². The standard InChI is InChI=1S/C19H22ClNO3S/c1-3-4-11-24-19-13-16(9-10-17(19)20)25(22,23)21-14(2)12-15-7-5-6-8-18(15)21/h5-10,13-14H,3-4,11-12H2,1-2H3/t14-/m0/s1. The van der Waals surface area contributed by atoms with Crippen LogP contribution in [-0.2, 0) is 16.4 Å². The summed E-state index contributed by atoms with van der Waals surface area (Å²) in [5, 5.41) is 0.421. The third kappa shape index (κ3) is 3.48. The van der Waals surface area contributed by atoms with Gasteiger partial charge in [0.1, 0.15) is 5.75 Å². The minimum atomic E-state index is -3.68. The SMILES string of the molecule is CCCCOc1cc(S(=O)(=O)N2c3ccccc3C[C@@H]2C)ccc1Cl. The molecule has 2 aromatic carbocycles. The number of hydrogen-bond donors (Lipinski definition) is 0. The first-order chi connectivity index (χ1) is 11.9. The van der Waals surface area contributed by atoms with Crippen molar-refractivity contribution in [1.82, 2.24) is 0 Å². The number of rotatable bonds is 6. The first-order valence-electron chi connectivity index (χ1n) is 8.50. The summed E-state index contributed by atoms with van der Waals surface area (Å²) in [6.45, 7) is 4.51. The first-order valence-corrected chi connectivity index (χ1v) is 10.3. The van der Waals surface area contributed by atoms with Crippen molar-refractivity contribution in [2.24, 2.45) is 0 Å². The Morgan fingerprint density at radius 3 is 2.76 bits per heavy atom. The van der Waals surface area contributed by atoms with E-state index in [1.165, 1.54) is 16.4 Å². The van der Waals surface area contributed by atoms with Gasteiger partial charge in [-0.2, -0.15) is 0 Å². The molecule has 4 nitrogen and oxygen atoms in total. The van der Waals surface area contributed by atoms with E-state index in [1.54, 1.807) is 6.07 Å². The summed E-state index contributed by atoms with van der Waals surface area (Å²) in [7, 11) is -3.68. The van der Waals surface area contributed by atoms with Gasteiger partial charge in [-0.25, -0.2) is 8.42 Å². The summed E-state index contributed by atoms with van der Waals surface area (Å²) in [4.78, 5) is 0.201. The van der Waals surface area contributed by atoms with Crippen molar-refractivity contribution in [3.05, 3.63) is 53.1 Å². The van der Waals surface area contributed by atoms with Crippen LogP contribution in [0, 0.1) is 0 Å². The molecular weight excluding hydrogens is 358 g/mol. The van der Waals surface area contributed by atoms with Crippen LogP contribution < -0.4 is 9.04 Å². The number of unbranched alkanes of at least 4 members (excludes halogenated alkanes) is 1. The van der Waals surface area contributed by atoms with E-state index in [-0.39, 0.29) is 10.9 Å². The Labute approximate surface area is 154 Å². The Kier molecular flexibility index (Phi) is 5.25. The molecule has 134 valence electrons. The van der Waals surface area contributed by atoms with Gasteiger partial charge in [0, 0.05) is 12.1 Å². The van der Waals surface area contributed by atoms with Gasteiger partial charge in [-0.1, -0.05) is 43.1 Å². The van der Waals surface area contributed by atoms with E-state index < -0.39 is 10.0 Å². The van der Waals surface area contributed by atoms with Crippen molar-refractivity contribution in [3.63, 3.8) is 0 Å². The second-order valence-corrected chi connectivity index (χ2v) is 8.50. The molecule has 1 heterocycles. The molecule has 0 aliphatic carbocycles. The summed E-state index contributed by atoms with van der Waals surface area (Å²) in [6.07, 6.45) is 2.60. The molecule has 0 unspecified atom stereocenters. The molecule has 6 heteroatoms. The lowest BCUT2D eigenvalue weighted by molar-refractivity contribution is 0.309. The van der Waals surface area contributed by atoms with E-state index in [1.807, 2.05) is 31.2 Å². The molecule has 0 spiro atoms. The molecule has 0 fully saturated rings. The van der Waals surface area contributed by atoms with Crippen LogP contribution in [0.1, 0.15) is 32.3 Å². The Morgan fingerprint density at radius 1 is 1.24 bits per heavy atom. The first kappa shape index (κ1) is 18.1. The van der Waals surface area contributed by atoms with Crippen molar-refractivity contribution >= 4 is 27.3 Å². The minimum absolute atomic E-state index is 0.123. The van der Waals surface area contributed by atoms with Gasteiger partial charge in [-0.3, -0.25) is 4.31 Å². The lowest BCUT2D eigenvalue weighted by Crippen LogP contribution is -2.35. The van der Waals surface area contributed by atoms with Crippen molar-refractivity contribution < 1.29 is 13.2 Å². The molecule has 1 atom stereocenters. The number of ether oxygens (including phenoxy) is 1. The number of para-hydroxylation sites is 1. The Balaban J connectivity index is 1.97. The second-order valence-electron chi connectivity index (χ2n) is 6.28. The van der Waals surface area contributed by atoms with Gasteiger partial charge < -0.3 is 4.74 Å². The maximum atomic E-state index is 13.2. The lowest BCUT2D eigenvalue weighted by atomic mass is 10.1. The van der Waals surface area contributed by atoms with Crippen LogP contribution in [0.5, 0.6) is 5.75 Å². The highest BCUT2D eigenvalue weighted by Gasteiger charge is 2.36. The normalized spacial score (nSPS) is 16.8. The largest absolute Gasteiger partial charge is 0.492 e. The van der Waals surface area contributed by atoms with Gasteiger partial charge in [0.2, 0.25) is 0 Å². The topological polar surface area (TPSA) is 46.6 Å². The summed E-state index contributed by atoms with van der Waals surface area (Å²) < 4.78 is 33.6. The van der Waals surface area contributed by atoms with Gasteiger partial charge >= 0.3 is 0 Å². The minimum Gasteiger partial charge on any atom is -0.492 e. The van der Waals surface area contributed by atoms with E-state index in [0.29, 0.717) is 23.8 Å². The quantitative estimate of drug-likeness (QED) is 0.686. The second kappa shape index (κ2) is 7.26. The number of benzene rings is 2. The van der Waals surface area contributed by atoms with Gasteiger partial charge in [0.05, 0.1) is 22.2 Å². The fourth-order valence-corrected chi connectivity index (χ4v) is 4.98. The van der Waals surface area contributed by atoms with E-state index in [4.69, 9.17) is 16.3 Å². The fraction of sp³-hybridized carbons (Fsp3) is 0.368. The molecule has 0 radical (unpaired) electrons. The van der Waals surface area contributed by atoms with E-state index in [9.17, 15) is 8.42 Å².